The van der Waals surface area contributed by atoms with Crippen LogP contribution in [0.5, 0.6) is 0 Å². The van der Waals surface area contributed by atoms with Crippen molar-refractivity contribution in [2.75, 3.05) is 5.43 Å². The summed E-state index contributed by atoms with van der Waals surface area (Å²) in [5.74, 6) is 5.68. The predicted molar refractivity (Wildman–Crippen MR) is 79.2 cm³/mol. The number of hydrogen-bond acceptors (Lipinski definition) is 6. The van der Waals surface area contributed by atoms with Crippen molar-refractivity contribution in [2.24, 2.45) is 5.84 Å². The SMILES string of the molecule is CCCc1cc(C(=O)NCc2ccncn2)cc(NN)n1. The van der Waals surface area contributed by atoms with Crippen LogP contribution in [0.25, 0.3) is 0 Å². The van der Waals surface area contributed by atoms with E-state index in [9.17, 15) is 4.79 Å². The molecule has 0 aliphatic carbocycles. The third-order valence-corrected chi connectivity index (χ3v) is 2.87. The summed E-state index contributed by atoms with van der Waals surface area (Å²) >= 11 is 0. The van der Waals surface area contributed by atoms with Gasteiger partial charge in [0.25, 0.3) is 5.91 Å². The maximum Gasteiger partial charge on any atom is 0.251 e. The Kier molecular flexibility index (Phi) is 5.16. The first kappa shape index (κ1) is 14.9. The Bertz CT molecular complexity index is 602. The van der Waals surface area contributed by atoms with Crippen LogP contribution in [-0.2, 0) is 13.0 Å². The molecule has 0 aliphatic rings. The molecule has 2 aromatic heterocycles. The third kappa shape index (κ3) is 4.22. The predicted octanol–water partition coefficient (Wildman–Crippen LogP) is 1.04. The van der Waals surface area contributed by atoms with E-state index in [1.807, 2.05) is 0 Å². The largest absolute Gasteiger partial charge is 0.346 e. The minimum absolute atomic E-state index is 0.190. The topological polar surface area (TPSA) is 106 Å². The molecular weight excluding hydrogens is 268 g/mol. The van der Waals surface area contributed by atoms with Crippen molar-refractivity contribution >= 4 is 11.7 Å². The number of rotatable bonds is 6. The van der Waals surface area contributed by atoms with Gasteiger partial charge >= 0.3 is 0 Å². The van der Waals surface area contributed by atoms with E-state index in [-0.39, 0.29) is 5.91 Å². The number of carbonyl (C=O) groups excluding carboxylic acids is 1. The molecule has 2 rings (SSSR count). The molecule has 0 atom stereocenters. The third-order valence-electron chi connectivity index (χ3n) is 2.87. The van der Waals surface area contributed by atoms with Crippen LogP contribution in [0.1, 0.15) is 35.1 Å². The van der Waals surface area contributed by atoms with Crippen molar-refractivity contribution in [2.45, 2.75) is 26.3 Å². The zero-order valence-corrected chi connectivity index (χ0v) is 11.8. The molecule has 2 aromatic rings. The number of amides is 1. The van der Waals surface area contributed by atoms with Crippen molar-refractivity contribution in [3.8, 4) is 0 Å². The lowest BCUT2D eigenvalue weighted by atomic mass is 10.1. The molecule has 1 amide bonds. The summed E-state index contributed by atoms with van der Waals surface area (Å²) < 4.78 is 0. The average Bonchev–Trinajstić information content (AvgIpc) is 2.53. The molecule has 0 saturated heterocycles. The highest BCUT2D eigenvalue weighted by Crippen LogP contribution is 2.11. The van der Waals surface area contributed by atoms with Gasteiger partial charge in [0.15, 0.2) is 0 Å². The molecule has 0 spiro atoms. The molecule has 0 saturated carbocycles. The Morgan fingerprint density at radius 2 is 2.19 bits per heavy atom. The minimum atomic E-state index is -0.190. The Hall–Kier alpha value is -2.54. The van der Waals surface area contributed by atoms with E-state index in [0.29, 0.717) is 17.9 Å². The average molecular weight is 286 g/mol. The number of nitrogens with two attached hydrogens (primary N) is 1. The number of nitrogens with zero attached hydrogens (tertiary/aromatic N) is 3. The maximum absolute atomic E-state index is 12.2. The van der Waals surface area contributed by atoms with Gasteiger partial charge in [-0.2, -0.15) is 0 Å². The Labute approximate surface area is 123 Å². The smallest absolute Gasteiger partial charge is 0.251 e. The molecule has 7 nitrogen and oxygen atoms in total. The molecule has 2 heterocycles. The van der Waals surface area contributed by atoms with Gasteiger partial charge in [-0.3, -0.25) is 4.79 Å². The van der Waals surface area contributed by atoms with Gasteiger partial charge in [0, 0.05) is 17.5 Å². The first-order valence-electron chi connectivity index (χ1n) is 6.73. The van der Waals surface area contributed by atoms with E-state index in [1.54, 1.807) is 24.4 Å². The second-order valence-electron chi connectivity index (χ2n) is 4.51. The zero-order valence-electron chi connectivity index (χ0n) is 11.8. The molecule has 0 fully saturated rings. The van der Waals surface area contributed by atoms with Crippen LogP contribution in [0.15, 0.2) is 30.7 Å². The molecule has 4 N–H and O–H groups in total. The highest BCUT2D eigenvalue weighted by molar-refractivity contribution is 5.94. The number of hydrazine groups is 1. The summed E-state index contributed by atoms with van der Waals surface area (Å²) in [5.41, 5.74) is 4.59. The number of pyridine rings is 1. The summed E-state index contributed by atoms with van der Waals surface area (Å²) in [6, 6.07) is 5.15. The van der Waals surface area contributed by atoms with Crippen LogP contribution in [-0.4, -0.2) is 20.9 Å². The molecule has 0 aliphatic heterocycles. The number of aromatic nitrogens is 3. The van der Waals surface area contributed by atoms with E-state index in [4.69, 9.17) is 5.84 Å². The number of anilines is 1. The number of nitrogen functional groups attached to an aromatic ring is 1. The van der Waals surface area contributed by atoms with Gasteiger partial charge in [-0.05, 0) is 24.6 Å². The number of carbonyl (C=O) groups is 1. The summed E-state index contributed by atoms with van der Waals surface area (Å²) in [5, 5.41) is 2.81. The van der Waals surface area contributed by atoms with Crippen molar-refractivity contribution < 1.29 is 4.79 Å². The van der Waals surface area contributed by atoms with Gasteiger partial charge in [0.05, 0.1) is 12.2 Å². The van der Waals surface area contributed by atoms with Crippen molar-refractivity contribution in [1.82, 2.24) is 20.3 Å². The van der Waals surface area contributed by atoms with Gasteiger partial charge in [-0.15, -0.1) is 0 Å². The molecular formula is C14H18N6O. The quantitative estimate of drug-likeness (QED) is 0.541. The van der Waals surface area contributed by atoms with Gasteiger partial charge in [-0.1, -0.05) is 13.3 Å². The van der Waals surface area contributed by atoms with Crippen LogP contribution in [0, 0.1) is 0 Å². The number of aryl methyl sites for hydroxylation is 1. The van der Waals surface area contributed by atoms with Crippen molar-refractivity contribution in [3.63, 3.8) is 0 Å². The van der Waals surface area contributed by atoms with E-state index in [0.717, 1.165) is 24.2 Å². The highest BCUT2D eigenvalue weighted by Gasteiger charge is 2.09. The minimum Gasteiger partial charge on any atom is -0.346 e. The van der Waals surface area contributed by atoms with E-state index >= 15 is 0 Å². The second-order valence-corrected chi connectivity index (χ2v) is 4.51. The maximum atomic E-state index is 12.2. The monoisotopic (exact) mass is 286 g/mol. The Morgan fingerprint density at radius 1 is 1.33 bits per heavy atom. The summed E-state index contributed by atoms with van der Waals surface area (Å²) in [7, 11) is 0. The number of nitrogens with one attached hydrogen (secondary N) is 2. The van der Waals surface area contributed by atoms with Crippen LogP contribution < -0.4 is 16.6 Å². The lowest BCUT2D eigenvalue weighted by Gasteiger charge is -2.09. The highest BCUT2D eigenvalue weighted by atomic mass is 16.1. The van der Waals surface area contributed by atoms with Crippen molar-refractivity contribution in [3.05, 3.63) is 47.7 Å². The fourth-order valence-electron chi connectivity index (χ4n) is 1.87. The first-order chi connectivity index (χ1) is 10.2. The number of hydrogen-bond donors (Lipinski definition) is 3. The first-order valence-corrected chi connectivity index (χ1v) is 6.73. The fourth-order valence-corrected chi connectivity index (χ4v) is 1.87. The second kappa shape index (κ2) is 7.30. The van der Waals surface area contributed by atoms with Crippen LogP contribution in [0.2, 0.25) is 0 Å². The molecule has 7 heteroatoms. The van der Waals surface area contributed by atoms with E-state index in [2.05, 4.69) is 32.6 Å². The molecule has 0 radical (unpaired) electrons. The Morgan fingerprint density at radius 3 is 2.86 bits per heavy atom. The summed E-state index contributed by atoms with van der Waals surface area (Å²) in [6.07, 6.45) is 4.82. The molecule has 21 heavy (non-hydrogen) atoms. The van der Waals surface area contributed by atoms with Crippen molar-refractivity contribution in [1.29, 1.82) is 0 Å². The van der Waals surface area contributed by atoms with E-state index < -0.39 is 0 Å². The molecule has 0 bridgehead atoms. The van der Waals surface area contributed by atoms with Gasteiger partial charge < -0.3 is 10.7 Å². The van der Waals surface area contributed by atoms with Gasteiger partial charge in [-0.25, -0.2) is 20.8 Å². The van der Waals surface area contributed by atoms with Gasteiger partial charge in [0.1, 0.15) is 12.1 Å². The molecule has 110 valence electrons. The summed E-state index contributed by atoms with van der Waals surface area (Å²) in [6.45, 7) is 2.40. The zero-order chi connectivity index (χ0) is 15.1. The van der Waals surface area contributed by atoms with Crippen LogP contribution >= 0.6 is 0 Å². The molecule has 0 unspecified atom stereocenters. The Balaban J connectivity index is 2.09. The fraction of sp³-hybridized carbons (Fsp3) is 0.286. The van der Waals surface area contributed by atoms with Gasteiger partial charge in [0.2, 0.25) is 0 Å². The molecule has 0 aromatic carbocycles. The van der Waals surface area contributed by atoms with Crippen LogP contribution in [0.3, 0.4) is 0 Å². The van der Waals surface area contributed by atoms with Crippen LogP contribution in [0.4, 0.5) is 5.82 Å². The lowest BCUT2D eigenvalue weighted by Crippen LogP contribution is -2.24. The lowest BCUT2D eigenvalue weighted by molar-refractivity contribution is 0.0950. The normalized spacial score (nSPS) is 10.2. The summed E-state index contributed by atoms with van der Waals surface area (Å²) in [4.78, 5) is 24.4. The standard InChI is InChI=1S/C14H18N6O/c1-2-3-11-6-10(7-13(19-11)20-15)14(21)17-8-12-4-5-16-9-18-12/h4-7,9H,2-3,8,15H2,1H3,(H,17,21)(H,19,20). The van der Waals surface area contributed by atoms with E-state index in [1.165, 1.54) is 6.33 Å².